The highest BCUT2D eigenvalue weighted by Crippen LogP contribution is 2.14. The van der Waals surface area contributed by atoms with Crippen molar-refractivity contribution in [2.24, 2.45) is 0 Å². The van der Waals surface area contributed by atoms with Gasteiger partial charge in [-0.1, -0.05) is 28.1 Å². The minimum atomic E-state index is -0.349. The van der Waals surface area contributed by atoms with Crippen LogP contribution < -0.4 is 15.4 Å². The molecule has 5 nitrogen and oxygen atoms in total. The number of methoxy groups -OCH3 is 1. The topological polar surface area (TPSA) is 67.4 Å². The van der Waals surface area contributed by atoms with Crippen LogP contribution in [0.1, 0.15) is 22.8 Å². The second kappa shape index (κ2) is 9.03. The lowest BCUT2D eigenvalue weighted by Crippen LogP contribution is -2.34. The lowest BCUT2D eigenvalue weighted by Gasteiger charge is -2.10. The van der Waals surface area contributed by atoms with Crippen molar-refractivity contribution in [1.29, 1.82) is 0 Å². The summed E-state index contributed by atoms with van der Waals surface area (Å²) < 4.78 is 6.00. The Hall–Kier alpha value is -2.60. The summed E-state index contributed by atoms with van der Waals surface area (Å²) in [4.78, 5) is 24.7. The van der Waals surface area contributed by atoms with Gasteiger partial charge in [0.05, 0.1) is 7.11 Å². The van der Waals surface area contributed by atoms with Gasteiger partial charge in [-0.3, -0.25) is 9.59 Å². The van der Waals surface area contributed by atoms with E-state index in [1.807, 2.05) is 19.1 Å². The van der Waals surface area contributed by atoms with Crippen molar-refractivity contribution in [3.63, 3.8) is 0 Å². The fourth-order valence-electron chi connectivity index (χ4n) is 2.08. The van der Waals surface area contributed by atoms with Gasteiger partial charge < -0.3 is 15.4 Å². The Balaban J connectivity index is 2.25. The van der Waals surface area contributed by atoms with Crippen molar-refractivity contribution < 1.29 is 14.3 Å². The SMILES string of the molecule is CCNC(=O)/C(=C/c1ccc(OC)cc1)NC(=O)c1ccc(Br)cc1. The van der Waals surface area contributed by atoms with Crippen LogP contribution in [0, 0.1) is 0 Å². The van der Waals surface area contributed by atoms with Gasteiger partial charge in [0, 0.05) is 16.6 Å². The molecule has 2 aromatic carbocycles. The smallest absolute Gasteiger partial charge is 0.267 e. The Bertz CT molecular complexity index is 768. The fourth-order valence-corrected chi connectivity index (χ4v) is 2.34. The summed E-state index contributed by atoms with van der Waals surface area (Å²) in [5.74, 6) is 0.0258. The average Bonchev–Trinajstić information content (AvgIpc) is 2.62. The first kappa shape index (κ1) is 18.7. The van der Waals surface area contributed by atoms with Crippen LogP contribution in [0.3, 0.4) is 0 Å². The van der Waals surface area contributed by atoms with Gasteiger partial charge in [0.25, 0.3) is 11.8 Å². The molecule has 0 unspecified atom stereocenters. The third-order valence-corrected chi connectivity index (χ3v) is 3.89. The van der Waals surface area contributed by atoms with Crippen LogP contribution in [0.25, 0.3) is 6.08 Å². The molecule has 0 heterocycles. The highest BCUT2D eigenvalue weighted by molar-refractivity contribution is 9.10. The first-order valence-corrected chi connectivity index (χ1v) is 8.53. The third kappa shape index (κ3) is 5.46. The highest BCUT2D eigenvalue weighted by Gasteiger charge is 2.14. The number of benzene rings is 2. The van der Waals surface area contributed by atoms with E-state index < -0.39 is 0 Å². The van der Waals surface area contributed by atoms with E-state index >= 15 is 0 Å². The number of carbonyl (C=O) groups excluding carboxylic acids is 2. The van der Waals surface area contributed by atoms with E-state index in [9.17, 15) is 9.59 Å². The second-order valence-electron chi connectivity index (χ2n) is 5.15. The van der Waals surface area contributed by atoms with Crippen molar-refractivity contribution in [3.05, 3.63) is 69.8 Å². The van der Waals surface area contributed by atoms with Crippen LogP contribution in [0.5, 0.6) is 5.75 Å². The number of hydrogen-bond acceptors (Lipinski definition) is 3. The summed E-state index contributed by atoms with van der Waals surface area (Å²) in [6.07, 6.45) is 1.63. The molecule has 2 aromatic rings. The normalized spacial score (nSPS) is 10.9. The number of likely N-dealkylation sites (N-methyl/N-ethyl adjacent to an activating group) is 1. The molecule has 0 bridgehead atoms. The van der Waals surface area contributed by atoms with E-state index in [2.05, 4.69) is 26.6 Å². The van der Waals surface area contributed by atoms with Crippen molar-refractivity contribution >= 4 is 33.8 Å². The zero-order valence-corrected chi connectivity index (χ0v) is 15.6. The number of rotatable bonds is 6. The molecular formula is C19H19BrN2O3. The zero-order chi connectivity index (χ0) is 18.2. The minimum Gasteiger partial charge on any atom is -0.497 e. The number of nitrogens with one attached hydrogen (secondary N) is 2. The summed E-state index contributed by atoms with van der Waals surface area (Å²) in [6.45, 7) is 2.28. The van der Waals surface area contributed by atoms with E-state index in [1.54, 1.807) is 49.6 Å². The van der Waals surface area contributed by atoms with Crippen LogP contribution in [-0.4, -0.2) is 25.5 Å². The monoisotopic (exact) mass is 402 g/mol. The maximum atomic E-state index is 12.4. The third-order valence-electron chi connectivity index (χ3n) is 3.36. The standard InChI is InChI=1S/C19H19BrN2O3/c1-3-21-19(24)17(12-13-4-10-16(25-2)11-5-13)22-18(23)14-6-8-15(20)9-7-14/h4-12H,3H2,1-2H3,(H,21,24)(H,22,23)/b17-12-. The summed E-state index contributed by atoms with van der Waals surface area (Å²) in [6, 6.07) is 14.1. The van der Waals surface area contributed by atoms with Crippen LogP contribution >= 0.6 is 15.9 Å². The van der Waals surface area contributed by atoms with Gasteiger partial charge in [0.1, 0.15) is 11.4 Å². The minimum absolute atomic E-state index is 0.180. The Kier molecular flexibility index (Phi) is 6.77. The van der Waals surface area contributed by atoms with E-state index in [4.69, 9.17) is 4.74 Å². The summed E-state index contributed by atoms with van der Waals surface area (Å²) >= 11 is 3.33. The molecule has 0 radical (unpaired) electrons. The fraction of sp³-hybridized carbons (Fsp3) is 0.158. The molecule has 0 fully saturated rings. The molecule has 0 aromatic heterocycles. The molecule has 0 spiro atoms. The van der Waals surface area contributed by atoms with Gasteiger partial charge >= 0.3 is 0 Å². The van der Waals surface area contributed by atoms with E-state index in [0.717, 1.165) is 15.8 Å². The van der Waals surface area contributed by atoms with Gasteiger partial charge in [-0.2, -0.15) is 0 Å². The predicted octanol–water partition coefficient (Wildman–Crippen LogP) is 3.36. The molecule has 25 heavy (non-hydrogen) atoms. The predicted molar refractivity (Wildman–Crippen MR) is 101 cm³/mol. The maximum absolute atomic E-state index is 12.4. The molecular weight excluding hydrogens is 384 g/mol. The molecule has 0 aliphatic carbocycles. The molecule has 6 heteroatoms. The average molecular weight is 403 g/mol. The van der Waals surface area contributed by atoms with Crippen LogP contribution in [0.2, 0.25) is 0 Å². The molecule has 0 atom stereocenters. The molecule has 0 saturated heterocycles. The largest absolute Gasteiger partial charge is 0.497 e. The molecule has 0 aliphatic rings. The number of amides is 2. The summed E-state index contributed by atoms with van der Waals surface area (Å²) in [5.41, 5.74) is 1.42. The Morgan fingerprint density at radius 1 is 1.08 bits per heavy atom. The molecule has 0 saturated carbocycles. The Morgan fingerprint density at radius 3 is 2.28 bits per heavy atom. The lowest BCUT2D eigenvalue weighted by atomic mass is 10.1. The number of hydrogen-bond donors (Lipinski definition) is 2. The number of carbonyl (C=O) groups is 2. The van der Waals surface area contributed by atoms with Crippen LogP contribution in [0.15, 0.2) is 58.7 Å². The number of halogens is 1. The first-order valence-electron chi connectivity index (χ1n) is 7.74. The van der Waals surface area contributed by atoms with Crippen LogP contribution in [-0.2, 0) is 4.79 Å². The first-order chi connectivity index (χ1) is 12.0. The lowest BCUT2D eigenvalue weighted by molar-refractivity contribution is -0.117. The maximum Gasteiger partial charge on any atom is 0.267 e. The van der Waals surface area contributed by atoms with Crippen molar-refractivity contribution in [2.75, 3.05) is 13.7 Å². The van der Waals surface area contributed by atoms with Gasteiger partial charge in [-0.15, -0.1) is 0 Å². The van der Waals surface area contributed by atoms with Crippen molar-refractivity contribution in [3.8, 4) is 5.75 Å². The van der Waals surface area contributed by atoms with Crippen molar-refractivity contribution in [2.45, 2.75) is 6.92 Å². The van der Waals surface area contributed by atoms with Gasteiger partial charge in [0.15, 0.2) is 0 Å². The van der Waals surface area contributed by atoms with Crippen LogP contribution in [0.4, 0.5) is 0 Å². The second-order valence-corrected chi connectivity index (χ2v) is 6.07. The molecule has 130 valence electrons. The van der Waals surface area contributed by atoms with E-state index in [0.29, 0.717) is 12.1 Å². The summed E-state index contributed by atoms with van der Waals surface area (Å²) in [7, 11) is 1.59. The molecule has 2 N–H and O–H groups in total. The van der Waals surface area contributed by atoms with Gasteiger partial charge in [-0.05, 0) is 55.0 Å². The van der Waals surface area contributed by atoms with E-state index in [1.165, 1.54) is 0 Å². The quantitative estimate of drug-likeness (QED) is 0.727. The van der Waals surface area contributed by atoms with Gasteiger partial charge in [0.2, 0.25) is 0 Å². The van der Waals surface area contributed by atoms with Gasteiger partial charge in [-0.25, -0.2) is 0 Å². The Morgan fingerprint density at radius 2 is 1.72 bits per heavy atom. The Labute approximate surface area is 155 Å². The summed E-state index contributed by atoms with van der Waals surface area (Å²) in [5, 5.41) is 5.38. The molecule has 2 amide bonds. The van der Waals surface area contributed by atoms with E-state index in [-0.39, 0.29) is 17.5 Å². The molecule has 0 aliphatic heterocycles. The highest BCUT2D eigenvalue weighted by atomic mass is 79.9. The molecule has 2 rings (SSSR count). The van der Waals surface area contributed by atoms with Crippen molar-refractivity contribution in [1.82, 2.24) is 10.6 Å². The number of ether oxygens (including phenoxy) is 1. The zero-order valence-electron chi connectivity index (χ0n) is 14.0.